The van der Waals surface area contributed by atoms with Crippen molar-refractivity contribution in [2.45, 2.75) is 0 Å². The fourth-order valence-electron chi connectivity index (χ4n) is 13.1. The first-order valence-electron chi connectivity index (χ1n) is 47.2. The van der Waals surface area contributed by atoms with Crippen molar-refractivity contribution in [3.05, 3.63) is 323 Å². The van der Waals surface area contributed by atoms with Crippen LogP contribution in [0.5, 0.6) is 0 Å². The molecule has 0 bridgehead atoms. The predicted octanol–water partition coefficient (Wildman–Crippen LogP) is 25.2. The summed E-state index contributed by atoms with van der Waals surface area (Å²) >= 11 is 0. The number of nitrogens with zero attached hydrogens (tertiary/aromatic N) is 7. The molecule has 0 atom stereocenters. The first-order valence-corrected chi connectivity index (χ1v) is 29.7. The molecule has 7 aromatic heterocycles. The van der Waals surface area contributed by atoms with Gasteiger partial charge in [0.25, 0.3) is 0 Å². The van der Waals surface area contributed by atoms with E-state index >= 15 is 0 Å². The van der Waals surface area contributed by atoms with Gasteiger partial charge in [0, 0.05) is 155 Å². The Kier molecular flexibility index (Phi) is 9.32. The second-order valence-corrected chi connectivity index (χ2v) is 21.9. The van der Waals surface area contributed by atoms with E-state index in [1.165, 1.54) is 53.9 Å². The highest BCUT2D eigenvalue weighted by molar-refractivity contribution is 6.28. The summed E-state index contributed by atoms with van der Waals surface area (Å²) in [5.74, 6) is 0. The molecule has 90 heavy (non-hydrogen) atoms. The second-order valence-electron chi connectivity index (χ2n) is 21.9. The molecule has 0 saturated heterocycles. The molecular formula is C83H83N7. The quantitative estimate of drug-likeness (QED) is 0.140. The van der Waals surface area contributed by atoms with Crippen LogP contribution in [-0.2, 0) is 0 Å². The lowest BCUT2D eigenvalue weighted by atomic mass is 9.96. The maximum Gasteiger partial charge on any atom is 0.0970 e. The van der Waals surface area contributed by atoms with Crippen molar-refractivity contribution in [3.63, 3.8) is 0 Å². The predicted molar refractivity (Wildman–Crippen MR) is 411 cm³/mol. The van der Waals surface area contributed by atoms with E-state index in [0.717, 1.165) is 108 Å². The van der Waals surface area contributed by atoms with Crippen LogP contribution < -0.4 is 0 Å². The Balaban J connectivity index is 0.000000725. The van der Waals surface area contributed by atoms with E-state index < -0.39 is 0 Å². The maximum absolute atomic E-state index is 7.84. The SMILES string of the molecule is [2H][2H].[2H][2H].[2H][2H].[2H][2H].[2H][2H].[2H][2H].[2H][2H].[2H][2H].[2H][2H].[2H][2H].[2H][2H].[2H][2H].[2H][2H].[2H][2H].[2H][2H].[2H]c1ccc2c(c1)c1cccnc1c1ncccc21.[2H]c1ccc2c3ccccc3c3cccnc3c2c1.[2H]c1ccc2c3ccccc3c3ccncc3c2c1.[2H]c1ccc2c3ccccc3c3ncccc3c2c1.[2H]c1ccc2c3ccncc3c3ccncc3c2c1. The molecule has 0 radical (unpaired) electrons. The van der Waals surface area contributed by atoms with Gasteiger partial charge in [0.2, 0.25) is 0 Å². The maximum atomic E-state index is 7.84. The Hall–Kier alpha value is -12.2. The lowest BCUT2D eigenvalue weighted by Crippen LogP contribution is -1.87. The van der Waals surface area contributed by atoms with E-state index in [4.69, 9.17) is 51.4 Å². The smallest absolute Gasteiger partial charge is 0.0970 e. The molecular weight excluding hydrogens is 1090 g/mol. The molecule has 450 valence electrons. The minimum Gasteiger partial charge on any atom is -0.264 e. The van der Waals surface area contributed by atoms with Crippen molar-refractivity contribution in [3.8, 4) is 0 Å². The molecule has 0 aliphatic carbocycles. The van der Waals surface area contributed by atoms with Gasteiger partial charge in [0.15, 0.2) is 0 Å². The summed E-state index contributed by atoms with van der Waals surface area (Å²) in [6.45, 7) is 0. The molecule has 0 aliphatic rings. The Morgan fingerprint density at radius 2 is 0.367 bits per heavy atom. The summed E-state index contributed by atoms with van der Waals surface area (Å²) < 4.78 is 189. The molecule has 0 spiro atoms. The number of fused-ring (bicyclic) bond motifs is 30. The third-order valence-corrected chi connectivity index (χ3v) is 17.0. The number of hydrogen-bond acceptors (Lipinski definition) is 7. The molecule has 0 fully saturated rings. The van der Waals surface area contributed by atoms with Gasteiger partial charge in [-0.25, -0.2) is 0 Å². The van der Waals surface area contributed by atoms with Crippen molar-refractivity contribution in [1.82, 2.24) is 34.9 Å². The van der Waals surface area contributed by atoms with Crippen molar-refractivity contribution in [1.29, 1.82) is 0 Å². The molecule has 7 heteroatoms. The number of rotatable bonds is 0. The highest BCUT2D eigenvalue weighted by Gasteiger charge is 2.13. The zero-order valence-corrected chi connectivity index (χ0v) is 48.3. The van der Waals surface area contributed by atoms with Crippen LogP contribution in [0, 0.1) is 0 Å². The van der Waals surface area contributed by atoms with E-state index in [0.29, 0.717) is 30.2 Å². The Bertz CT molecular complexity index is 5460. The summed E-state index contributed by atoms with van der Waals surface area (Å²) in [6.07, 6.45) is 18.3. The standard InChI is InChI=1S/3C17H11N.2C16H10N2.15H2/c2*1-2-7-14-12(6-1)13-8-3-4-9-15(13)17-16(14)10-5-11-18-17;1-2-7-14-12(5-1)13-6-3-4-8-15(13)17-11-18-10-9-16(14)17;1-2-6-12-11(5-1)13-7-3-9-17-15(13)16-14(12)8-4-10-18-16;1-2-4-12-11(3-1)13-5-7-17-10-16(13)14-6-8-18-9-15(12)14;;;;;;;;;;;;;;;/h3*1-11H;2*1-10H;15*1H/i4D;2D;4D;1D;2D;15*1+1D. The highest BCUT2D eigenvalue weighted by Crippen LogP contribution is 2.38. The molecule has 20 aromatic rings. The molecule has 0 saturated carbocycles. The summed E-state index contributed by atoms with van der Waals surface area (Å²) in [6, 6.07) is 78.7. The molecule has 0 unspecified atom stereocenters. The van der Waals surface area contributed by atoms with Gasteiger partial charge in [0.1, 0.15) is 0 Å². The summed E-state index contributed by atoms with van der Waals surface area (Å²) in [4.78, 5) is 30.7. The van der Waals surface area contributed by atoms with Crippen LogP contribution in [0.2, 0.25) is 0 Å². The van der Waals surface area contributed by atoms with Crippen molar-refractivity contribution < 1.29 is 51.4 Å². The molecule has 0 amide bonds. The average Bonchev–Trinajstić information content (AvgIpc) is 0.776. The zero-order chi connectivity index (χ0) is 94.1. The van der Waals surface area contributed by atoms with Crippen LogP contribution >= 0.6 is 0 Å². The van der Waals surface area contributed by atoms with Gasteiger partial charge in [-0.3, -0.25) is 34.9 Å². The van der Waals surface area contributed by atoms with Gasteiger partial charge in [-0.05, 0) is 134 Å². The first-order chi connectivity index (χ1) is 61.7. The van der Waals surface area contributed by atoms with Crippen LogP contribution in [0.3, 0.4) is 0 Å². The van der Waals surface area contributed by atoms with Gasteiger partial charge in [-0.1, -0.05) is 218 Å². The monoisotopic (exact) mass is 1210 g/mol. The average molecular weight is 1210 g/mol. The van der Waals surface area contributed by atoms with Gasteiger partial charge in [-0.15, -0.1) is 0 Å². The van der Waals surface area contributed by atoms with Gasteiger partial charge in [-0.2, -0.15) is 0 Å². The Morgan fingerprint density at radius 1 is 0.178 bits per heavy atom. The fourth-order valence-corrected chi connectivity index (χ4v) is 13.1. The van der Waals surface area contributed by atoms with Crippen LogP contribution in [0.4, 0.5) is 0 Å². The molecule has 7 heterocycles. The number of benzene rings is 13. The van der Waals surface area contributed by atoms with E-state index in [2.05, 4.69) is 114 Å². The molecule has 0 N–H and O–H groups in total. The summed E-state index contributed by atoms with van der Waals surface area (Å²) in [7, 11) is 0. The lowest BCUT2D eigenvalue weighted by molar-refractivity contribution is 1.36. The first kappa shape index (κ1) is 36.1. The minimum absolute atomic E-state index is 0.515. The largest absolute Gasteiger partial charge is 0.264 e. The van der Waals surface area contributed by atoms with Crippen molar-refractivity contribution >= 4 is 162 Å². The van der Waals surface area contributed by atoms with Crippen LogP contribution in [0.25, 0.3) is 162 Å². The Labute approximate surface area is 570 Å². The van der Waals surface area contributed by atoms with Crippen LogP contribution in [0.15, 0.2) is 323 Å². The lowest BCUT2D eigenvalue weighted by Gasteiger charge is -2.09. The topological polar surface area (TPSA) is 90.2 Å². The number of pyridine rings is 7. The summed E-state index contributed by atoms with van der Waals surface area (Å²) in [5, 5.41) is 29.7. The van der Waals surface area contributed by atoms with Gasteiger partial charge < -0.3 is 0 Å². The van der Waals surface area contributed by atoms with E-state index in [9.17, 15) is 0 Å². The van der Waals surface area contributed by atoms with Gasteiger partial charge >= 0.3 is 0 Å². The normalized spacial score (nSPS) is 13.4. The third-order valence-electron chi connectivity index (χ3n) is 17.0. The number of hydrogen-bond donors (Lipinski definition) is 0. The van der Waals surface area contributed by atoms with E-state index in [-0.39, 0.29) is 0 Å². The van der Waals surface area contributed by atoms with E-state index in [1.54, 1.807) is 18.6 Å². The molecule has 13 aromatic carbocycles. The van der Waals surface area contributed by atoms with E-state index in [1.807, 2.05) is 195 Å². The van der Waals surface area contributed by atoms with Gasteiger partial charge in [0.05, 0.1) is 28.9 Å². The molecule has 0 aliphatic heterocycles. The summed E-state index contributed by atoms with van der Waals surface area (Å²) in [5.41, 5.74) is 3.81. The van der Waals surface area contributed by atoms with Crippen LogP contribution in [-0.4, -0.2) is 34.9 Å². The fraction of sp³-hybridized carbons (Fsp3) is 0. The second kappa shape index (κ2) is 23.2. The zero-order valence-electron chi connectivity index (χ0n) is 83.3. The Morgan fingerprint density at radius 3 is 0.689 bits per heavy atom. The molecule has 20 rings (SSSR count). The van der Waals surface area contributed by atoms with Crippen molar-refractivity contribution in [2.24, 2.45) is 0 Å². The van der Waals surface area contributed by atoms with Crippen LogP contribution in [0.1, 0.15) is 51.4 Å². The van der Waals surface area contributed by atoms with Crippen molar-refractivity contribution in [2.75, 3.05) is 0 Å². The highest BCUT2D eigenvalue weighted by atomic mass is 14.7. The number of aromatic nitrogens is 7. The third kappa shape index (κ3) is 9.37. The minimum atomic E-state index is 0.515. The molecule has 7 nitrogen and oxygen atoms in total.